The maximum absolute atomic E-state index is 8.62. The van der Waals surface area contributed by atoms with E-state index in [1.807, 2.05) is 24.3 Å². The van der Waals surface area contributed by atoms with Gasteiger partial charge >= 0.3 is 0 Å². The molecule has 0 spiro atoms. The number of pyridine rings is 1. The van der Waals surface area contributed by atoms with Crippen molar-refractivity contribution in [2.45, 2.75) is 6.61 Å². The molecule has 0 radical (unpaired) electrons. The molecule has 0 fully saturated rings. The fourth-order valence-corrected chi connectivity index (χ4v) is 1.59. The normalized spacial score (nSPS) is 11.2. The molecule has 2 rings (SSSR count). The number of benzene rings is 1. The first-order chi connectivity index (χ1) is 9.72. The summed E-state index contributed by atoms with van der Waals surface area (Å²) in [5.74, 6) is 1.47. The van der Waals surface area contributed by atoms with Crippen molar-refractivity contribution in [3.8, 4) is 11.5 Å². The summed E-state index contributed by atoms with van der Waals surface area (Å²) in [4.78, 5) is 4.00. The van der Waals surface area contributed by atoms with Crippen LogP contribution in [0.4, 0.5) is 0 Å². The smallest absolute Gasteiger partial charge is 0.188 e. The first-order valence-corrected chi connectivity index (χ1v) is 5.92. The standard InChI is InChI=1S/C14H15N3O3/c1-19-11-2-4-12(5-3-11)20-9-10-6-7-16-13(8-10)14(15)17-18/h2-8,18H,9H2,1H3,(H2,15,17). The van der Waals surface area contributed by atoms with Crippen molar-refractivity contribution in [2.24, 2.45) is 10.9 Å². The predicted octanol–water partition coefficient (Wildman–Crippen LogP) is 1.76. The highest BCUT2D eigenvalue weighted by Gasteiger charge is 2.03. The average molecular weight is 273 g/mol. The van der Waals surface area contributed by atoms with E-state index in [1.165, 1.54) is 0 Å². The predicted molar refractivity (Wildman–Crippen MR) is 74.1 cm³/mol. The molecule has 1 aromatic carbocycles. The van der Waals surface area contributed by atoms with Gasteiger partial charge in [0.1, 0.15) is 23.8 Å². The minimum Gasteiger partial charge on any atom is -0.497 e. The third-order valence-corrected chi connectivity index (χ3v) is 2.66. The van der Waals surface area contributed by atoms with Crippen LogP contribution >= 0.6 is 0 Å². The highest BCUT2D eigenvalue weighted by molar-refractivity contribution is 5.95. The number of oxime groups is 1. The molecule has 0 amide bonds. The van der Waals surface area contributed by atoms with Gasteiger partial charge in [-0.2, -0.15) is 0 Å². The Morgan fingerprint density at radius 1 is 1.25 bits per heavy atom. The molecule has 6 nitrogen and oxygen atoms in total. The van der Waals surface area contributed by atoms with Gasteiger partial charge in [0.25, 0.3) is 0 Å². The van der Waals surface area contributed by atoms with E-state index in [2.05, 4.69) is 10.1 Å². The second-order valence-corrected chi connectivity index (χ2v) is 4.00. The maximum atomic E-state index is 8.62. The number of rotatable bonds is 5. The molecule has 0 atom stereocenters. The summed E-state index contributed by atoms with van der Waals surface area (Å²) >= 11 is 0. The molecule has 2 aromatic rings. The van der Waals surface area contributed by atoms with E-state index in [1.54, 1.807) is 25.4 Å². The molecule has 20 heavy (non-hydrogen) atoms. The number of hydrogen-bond donors (Lipinski definition) is 2. The molecular formula is C14H15N3O3. The van der Waals surface area contributed by atoms with Crippen LogP contribution in [0.2, 0.25) is 0 Å². The third kappa shape index (κ3) is 3.38. The van der Waals surface area contributed by atoms with Crippen molar-refractivity contribution >= 4 is 5.84 Å². The lowest BCUT2D eigenvalue weighted by atomic mass is 10.2. The molecule has 0 saturated heterocycles. The molecule has 1 aromatic heterocycles. The summed E-state index contributed by atoms with van der Waals surface area (Å²) in [5, 5.41) is 11.5. The van der Waals surface area contributed by atoms with E-state index in [0.717, 1.165) is 17.1 Å². The van der Waals surface area contributed by atoms with Crippen LogP contribution in [-0.4, -0.2) is 23.1 Å². The minimum absolute atomic E-state index is 0.0312. The van der Waals surface area contributed by atoms with Crippen LogP contribution in [0.5, 0.6) is 11.5 Å². The Morgan fingerprint density at radius 3 is 2.60 bits per heavy atom. The summed E-state index contributed by atoms with van der Waals surface area (Å²) in [5.41, 5.74) is 6.76. The van der Waals surface area contributed by atoms with E-state index in [4.69, 9.17) is 20.4 Å². The molecule has 1 heterocycles. The molecule has 0 aliphatic carbocycles. The van der Waals surface area contributed by atoms with E-state index in [0.29, 0.717) is 12.3 Å². The van der Waals surface area contributed by atoms with Crippen molar-refractivity contribution in [2.75, 3.05) is 7.11 Å². The third-order valence-electron chi connectivity index (χ3n) is 2.66. The quantitative estimate of drug-likeness (QED) is 0.375. The number of amidine groups is 1. The summed E-state index contributed by atoms with van der Waals surface area (Å²) in [6.45, 7) is 0.362. The molecule has 0 saturated carbocycles. The fourth-order valence-electron chi connectivity index (χ4n) is 1.59. The summed E-state index contributed by atoms with van der Waals surface area (Å²) in [6.07, 6.45) is 1.58. The second-order valence-electron chi connectivity index (χ2n) is 4.00. The maximum Gasteiger partial charge on any atom is 0.188 e. The van der Waals surface area contributed by atoms with Gasteiger partial charge in [-0.05, 0) is 42.0 Å². The zero-order valence-electron chi connectivity index (χ0n) is 11.0. The van der Waals surface area contributed by atoms with Gasteiger partial charge in [0.2, 0.25) is 0 Å². The van der Waals surface area contributed by atoms with Crippen molar-refractivity contribution in [1.29, 1.82) is 0 Å². The van der Waals surface area contributed by atoms with Crippen LogP contribution in [0.25, 0.3) is 0 Å². The lowest BCUT2D eigenvalue weighted by Crippen LogP contribution is -2.15. The van der Waals surface area contributed by atoms with Gasteiger partial charge in [0, 0.05) is 6.20 Å². The average Bonchev–Trinajstić information content (AvgIpc) is 2.53. The number of hydrogen-bond acceptors (Lipinski definition) is 5. The fraction of sp³-hybridized carbons (Fsp3) is 0.143. The molecule has 3 N–H and O–H groups in total. The molecule has 0 unspecified atom stereocenters. The molecule has 0 bridgehead atoms. The topological polar surface area (TPSA) is 90.0 Å². The Bertz CT molecular complexity index is 597. The van der Waals surface area contributed by atoms with Gasteiger partial charge in [-0.25, -0.2) is 0 Å². The van der Waals surface area contributed by atoms with Gasteiger partial charge < -0.3 is 20.4 Å². The first-order valence-electron chi connectivity index (χ1n) is 5.92. The van der Waals surface area contributed by atoms with Gasteiger partial charge in [0.05, 0.1) is 7.11 Å². The SMILES string of the molecule is COc1ccc(OCc2ccnc(C(N)=NO)c2)cc1. The largest absolute Gasteiger partial charge is 0.497 e. The zero-order valence-corrected chi connectivity index (χ0v) is 11.0. The molecular weight excluding hydrogens is 258 g/mol. The van der Waals surface area contributed by atoms with Gasteiger partial charge in [-0.1, -0.05) is 5.16 Å². The lowest BCUT2D eigenvalue weighted by Gasteiger charge is -2.08. The summed E-state index contributed by atoms with van der Waals surface area (Å²) in [6, 6.07) is 10.8. The van der Waals surface area contributed by atoms with Crippen LogP contribution in [0.1, 0.15) is 11.3 Å². The van der Waals surface area contributed by atoms with Gasteiger partial charge in [-0.3, -0.25) is 4.98 Å². The Labute approximate surface area is 116 Å². The van der Waals surface area contributed by atoms with E-state index < -0.39 is 0 Å². The Kier molecular flexibility index (Phi) is 4.39. The van der Waals surface area contributed by atoms with E-state index >= 15 is 0 Å². The lowest BCUT2D eigenvalue weighted by molar-refractivity contribution is 0.305. The van der Waals surface area contributed by atoms with Crippen molar-refractivity contribution < 1.29 is 14.7 Å². The van der Waals surface area contributed by atoms with Gasteiger partial charge in [-0.15, -0.1) is 0 Å². The Morgan fingerprint density at radius 2 is 1.95 bits per heavy atom. The number of nitrogens with zero attached hydrogens (tertiary/aromatic N) is 2. The van der Waals surface area contributed by atoms with Crippen molar-refractivity contribution in [3.05, 3.63) is 53.9 Å². The monoisotopic (exact) mass is 273 g/mol. The minimum atomic E-state index is -0.0312. The molecule has 0 aliphatic heterocycles. The Balaban J connectivity index is 2.03. The summed E-state index contributed by atoms with van der Waals surface area (Å²) in [7, 11) is 1.61. The molecule has 6 heteroatoms. The van der Waals surface area contributed by atoms with Crippen LogP contribution in [-0.2, 0) is 6.61 Å². The van der Waals surface area contributed by atoms with E-state index in [-0.39, 0.29) is 5.84 Å². The zero-order chi connectivity index (χ0) is 14.4. The summed E-state index contributed by atoms with van der Waals surface area (Å²) < 4.78 is 10.7. The second kappa shape index (κ2) is 6.42. The first kappa shape index (κ1) is 13.7. The van der Waals surface area contributed by atoms with Crippen molar-refractivity contribution in [3.63, 3.8) is 0 Å². The highest BCUT2D eigenvalue weighted by Crippen LogP contribution is 2.18. The van der Waals surface area contributed by atoms with Gasteiger partial charge in [0.15, 0.2) is 5.84 Å². The number of nitrogens with two attached hydrogens (primary N) is 1. The number of aromatic nitrogens is 1. The molecule has 104 valence electrons. The van der Waals surface area contributed by atoms with Crippen LogP contribution in [0.15, 0.2) is 47.8 Å². The number of methoxy groups -OCH3 is 1. The van der Waals surface area contributed by atoms with Crippen LogP contribution < -0.4 is 15.2 Å². The van der Waals surface area contributed by atoms with E-state index in [9.17, 15) is 0 Å². The Hall–Kier alpha value is -2.76. The van der Waals surface area contributed by atoms with Crippen molar-refractivity contribution in [1.82, 2.24) is 4.98 Å². The van der Waals surface area contributed by atoms with Crippen LogP contribution in [0.3, 0.4) is 0 Å². The highest BCUT2D eigenvalue weighted by atomic mass is 16.5. The van der Waals surface area contributed by atoms with Crippen LogP contribution in [0, 0.1) is 0 Å². The molecule has 0 aliphatic rings. The number of ether oxygens (including phenoxy) is 2.